The van der Waals surface area contributed by atoms with Crippen molar-refractivity contribution in [3.05, 3.63) is 41.5 Å². The molecule has 2 heterocycles. The van der Waals surface area contributed by atoms with E-state index in [1.165, 1.54) is 11.9 Å². The Labute approximate surface area is 118 Å². The minimum atomic E-state index is -3.15. The fourth-order valence-corrected chi connectivity index (χ4v) is 3.26. The van der Waals surface area contributed by atoms with Crippen LogP contribution in [0.1, 0.15) is 17.2 Å². The summed E-state index contributed by atoms with van der Waals surface area (Å²) in [5, 5.41) is 3.31. The zero-order valence-corrected chi connectivity index (χ0v) is 12.4. The van der Waals surface area contributed by atoms with Gasteiger partial charge in [0.2, 0.25) is 0 Å². The molecule has 20 heavy (non-hydrogen) atoms. The summed E-state index contributed by atoms with van der Waals surface area (Å²) < 4.78 is 25.1. The molecule has 0 fully saturated rings. The number of imidazole rings is 1. The number of aryl methyl sites for hydroxylation is 1. The average molecular weight is 291 g/mol. The van der Waals surface area contributed by atoms with Gasteiger partial charge >= 0.3 is 0 Å². The van der Waals surface area contributed by atoms with Gasteiger partial charge < -0.3 is 9.88 Å². The number of nitrogens with one attached hydrogen (secondary N) is 1. The second-order valence-corrected chi connectivity index (χ2v) is 7.10. The SMILES string of the molecule is Cc1nc2c(n1-c1ccc(S(C)(=O)=O)cc1)CCNC2. The molecule has 0 saturated heterocycles. The van der Waals surface area contributed by atoms with E-state index in [4.69, 9.17) is 0 Å². The Morgan fingerprint density at radius 3 is 2.60 bits per heavy atom. The third kappa shape index (κ3) is 2.25. The predicted molar refractivity (Wildman–Crippen MR) is 76.8 cm³/mol. The normalized spacial score (nSPS) is 15.1. The van der Waals surface area contributed by atoms with E-state index in [0.717, 1.165) is 36.7 Å². The van der Waals surface area contributed by atoms with E-state index >= 15 is 0 Å². The van der Waals surface area contributed by atoms with Crippen LogP contribution in [0.4, 0.5) is 0 Å². The lowest BCUT2D eigenvalue weighted by molar-refractivity contribution is 0.602. The smallest absolute Gasteiger partial charge is 0.175 e. The number of fused-ring (bicyclic) bond motifs is 1. The van der Waals surface area contributed by atoms with E-state index < -0.39 is 9.84 Å². The molecule has 0 spiro atoms. The summed E-state index contributed by atoms with van der Waals surface area (Å²) in [7, 11) is -3.15. The maximum atomic E-state index is 11.5. The van der Waals surface area contributed by atoms with Crippen molar-refractivity contribution in [2.45, 2.75) is 24.8 Å². The molecule has 106 valence electrons. The first-order valence-electron chi connectivity index (χ1n) is 6.55. The van der Waals surface area contributed by atoms with Crippen LogP contribution < -0.4 is 5.32 Å². The Balaban J connectivity index is 2.08. The lowest BCUT2D eigenvalue weighted by atomic mass is 10.1. The van der Waals surface area contributed by atoms with E-state index in [9.17, 15) is 8.42 Å². The van der Waals surface area contributed by atoms with Crippen molar-refractivity contribution >= 4 is 9.84 Å². The predicted octanol–water partition coefficient (Wildman–Crippen LogP) is 1.23. The van der Waals surface area contributed by atoms with Crippen molar-refractivity contribution in [2.24, 2.45) is 0 Å². The van der Waals surface area contributed by atoms with Crippen LogP contribution in [0, 0.1) is 6.92 Å². The van der Waals surface area contributed by atoms with Crippen molar-refractivity contribution in [3.8, 4) is 5.69 Å². The van der Waals surface area contributed by atoms with Gasteiger partial charge in [0, 0.05) is 37.1 Å². The summed E-state index contributed by atoms with van der Waals surface area (Å²) in [6.45, 7) is 3.72. The van der Waals surface area contributed by atoms with Crippen LogP contribution in [-0.4, -0.2) is 30.8 Å². The number of rotatable bonds is 2. The molecule has 1 aromatic carbocycles. The summed E-state index contributed by atoms with van der Waals surface area (Å²) in [6.07, 6.45) is 2.15. The van der Waals surface area contributed by atoms with E-state index in [0.29, 0.717) is 4.90 Å². The van der Waals surface area contributed by atoms with Crippen LogP contribution in [0.3, 0.4) is 0 Å². The van der Waals surface area contributed by atoms with Gasteiger partial charge in [0.1, 0.15) is 5.82 Å². The van der Waals surface area contributed by atoms with Gasteiger partial charge in [-0.2, -0.15) is 0 Å². The monoisotopic (exact) mass is 291 g/mol. The van der Waals surface area contributed by atoms with Crippen LogP contribution in [0.15, 0.2) is 29.2 Å². The third-order valence-electron chi connectivity index (χ3n) is 3.58. The highest BCUT2D eigenvalue weighted by atomic mass is 32.2. The maximum absolute atomic E-state index is 11.5. The molecule has 0 unspecified atom stereocenters. The number of hydrogen-bond acceptors (Lipinski definition) is 4. The van der Waals surface area contributed by atoms with Gasteiger partial charge in [-0.25, -0.2) is 13.4 Å². The second kappa shape index (κ2) is 4.71. The first-order chi connectivity index (χ1) is 9.47. The minimum Gasteiger partial charge on any atom is -0.311 e. The number of nitrogens with zero attached hydrogens (tertiary/aromatic N) is 2. The van der Waals surface area contributed by atoms with Crippen LogP contribution in [0.5, 0.6) is 0 Å². The van der Waals surface area contributed by atoms with Crippen molar-refractivity contribution in [1.82, 2.24) is 14.9 Å². The fourth-order valence-electron chi connectivity index (χ4n) is 2.63. The summed E-state index contributed by atoms with van der Waals surface area (Å²) in [5.74, 6) is 0.936. The van der Waals surface area contributed by atoms with Crippen molar-refractivity contribution < 1.29 is 8.42 Å². The zero-order valence-electron chi connectivity index (χ0n) is 11.5. The molecule has 2 aromatic rings. The minimum absolute atomic E-state index is 0.342. The highest BCUT2D eigenvalue weighted by molar-refractivity contribution is 7.90. The molecule has 0 atom stereocenters. The number of hydrogen-bond donors (Lipinski definition) is 1. The Morgan fingerprint density at radius 1 is 1.25 bits per heavy atom. The van der Waals surface area contributed by atoms with E-state index in [1.54, 1.807) is 12.1 Å². The van der Waals surface area contributed by atoms with Gasteiger partial charge in [0.25, 0.3) is 0 Å². The van der Waals surface area contributed by atoms with E-state index in [-0.39, 0.29) is 0 Å². The summed E-state index contributed by atoms with van der Waals surface area (Å²) >= 11 is 0. The van der Waals surface area contributed by atoms with E-state index in [1.807, 2.05) is 19.1 Å². The molecule has 6 heteroatoms. The molecule has 3 rings (SSSR count). The van der Waals surface area contributed by atoms with Crippen LogP contribution >= 0.6 is 0 Å². The Morgan fingerprint density at radius 2 is 1.95 bits per heavy atom. The first kappa shape index (κ1) is 13.3. The molecule has 1 aliphatic heterocycles. The molecule has 0 saturated carbocycles. The van der Waals surface area contributed by atoms with Crippen LogP contribution in [0.25, 0.3) is 5.69 Å². The van der Waals surface area contributed by atoms with Gasteiger partial charge in [0.05, 0.1) is 10.6 Å². The largest absolute Gasteiger partial charge is 0.311 e. The molecule has 0 amide bonds. The molecule has 1 aromatic heterocycles. The third-order valence-corrected chi connectivity index (χ3v) is 4.71. The van der Waals surface area contributed by atoms with Crippen molar-refractivity contribution in [3.63, 3.8) is 0 Å². The summed E-state index contributed by atoms with van der Waals surface area (Å²) in [4.78, 5) is 4.92. The fraction of sp³-hybridized carbons (Fsp3) is 0.357. The zero-order chi connectivity index (χ0) is 14.3. The number of benzene rings is 1. The molecular weight excluding hydrogens is 274 g/mol. The Hall–Kier alpha value is -1.66. The average Bonchev–Trinajstić information content (AvgIpc) is 2.73. The van der Waals surface area contributed by atoms with Gasteiger partial charge in [-0.15, -0.1) is 0 Å². The first-order valence-corrected chi connectivity index (χ1v) is 8.44. The van der Waals surface area contributed by atoms with Crippen molar-refractivity contribution in [1.29, 1.82) is 0 Å². The van der Waals surface area contributed by atoms with Gasteiger partial charge in [-0.1, -0.05) is 0 Å². The molecule has 1 aliphatic rings. The lowest BCUT2D eigenvalue weighted by Crippen LogP contribution is -2.24. The Bertz CT molecular complexity index is 745. The molecular formula is C14H17N3O2S. The number of sulfone groups is 1. The highest BCUT2D eigenvalue weighted by Crippen LogP contribution is 2.22. The maximum Gasteiger partial charge on any atom is 0.175 e. The van der Waals surface area contributed by atoms with Crippen molar-refractivity contribution in [2.75, 3.05) is 12.8 Å². The summed E-state index contributed by atoms with van der Waals surface area (Å²) in [5.41, 5.74) is 3.26. The lowest BCUT2D eigenvalue weighted by Gasteiger charge is -2.16. The quantitative estimate of drug-likeness (QED) is 0.904. The van der Waals surface area contributed by atoms with Gasteiger partial charge in [-0.3, -0.25) is 0 Å². The standard InChI is InChI=1S/C14H17N3O2S/c1-10-16-13-9-15-8-7-14(13)17(10)11-3-5-12(6-4-11)20(2,18)19/h3-6,15H,7-9H2,1-2H3. The van der Waals surface area contributed by atoms with Gasteiger partial charge in [0.15, 0.2) is 9.84 Å². The molecule has 0 aliphatic carbocycles. The van der Waals surface area contributed by atoms with E-state index in [2.05, 4.69) is 14.9 Å². The van der Waals surface area contributed by atoms with Crippen LogP contribution in [-0.2, 0) is 22.8 Å². The highest BCUT2D eigenvalue weighted by Gasteiger charge is 2.18. The Kier molecular flexibility index (Phi) is 3.14. The van der Waals surface area contributed by atoms with Gasteiger partial charge in [-0.05, 0) is 31.2 Å². The van der Waals surface area contributed by atoms with Crippen LogP contribution in [0.2, 0.25) is 0 Å². The number of aromatic nitrogens is 2. The second-order valence-electron chi connectivity index (χ2n) is 5.08. The summed E-state index contributed by atoms with van der Waals surface area (Å²) in [6, 6.07) is 6.98. The molecule has 0 bridgehead atoms. The molecule has 5 nitrogen and oxygen atoms in total. The molecule has 1 N–H and O–H groups in total. The topological polar surface area (TPSA) is 64.0 Å². The molecule has 0 radical (unpaired) electrons.